The van der Waals surface area contributed by atoms with E-state index >= 15 is 0 Å². The van der Waals surface area contributed by atoms with Gasteiger partial charge in [-0.15, -0.1) is 22.7 Å². The molecule has 0 radical (unpaired) electrons. The van der Waals surface area contributed by atoms with E-state index in [4.69, 9.17) is 0 Å². The summed E-state index contributed by atoms with van der Waals surface area (Å²) in [6.07, 6.45) is 1.77. The van der Waals surface area contributed by atoms with Crippen LogP contribution in [0.4, 0.5) is 0 Å². The van der Waals surface area contributed by atoms with Crippen molar-refractivity contribution in [3.05, 3.63) is 29.8 Å². The van der Waals surface area contributed by atoms with E-state index in [0.717, 1.165) is 20.2 Å². The third kappa shape index (κ3) is 1.49. The maximum Gasteiger partial charge on any atom is 0.153 e. The van der Waals surface area contributed by atoms with Crippen LogP contribution in [-0.2, 0) is 0 Å². The number of aromatic nitrogens is 2. The van der Waals surface area contributed by atoms with Gasteiger partial charge in [-0.25, -0.2) is 9.97 Å². The standard InChI is InChI=1S/C10H6N2OS2/c13-6-1-2-7-8(5-6)15-10(12-7)9-11-3-4-14-9/h1-5,13H. The lowest BCUT2D eigenvalue weighted by atomic mass is 10.3. The molecule has 0 unspecified atom stereocenters. The molecule has 2 heterocycles. The second kappa shape index (κ2) is 3.29. The van der Waals surface area contributed by atoms with Crippen molar-refractivity contribution < 1.29 is 5.11 Å². The van der Waals surface area contributed by atoms with Crippen molar-refractivity contribution in [2.24, 2.45) is 0 Å². The molecule has 1 N–H and O–H groups in total. The molecule has 5 heteroatoms. The highest BCUT2D eigenvalue weighted by Crippen LogP contribution is 2.32. The fraction of sp³-hybridized carbons (Fsp3) is 0. The number of thiazole rings is 2. The molecule has 0 bridgehead atoms. The van der Waals surface area contributed by atoms with Gasteiger partial charge >= 0.3 is 0 Å². The fourth-order valence-corrected chi connectivity index (χ4v) is 3.01. The second-order valence-corrected chi connectivity index (χ2v) is 4.93. The number of fused-ring (bicyclic) bond motifs is 1. The van der Waals surface area contributed by atoms with Crippen LogP contribution in [-0.4, -0.2) is 15.1 Å². The highest BCUT2D eigenvalue weighted by atomic mass is 32.1. The first-order valence-electron chi connectivity index (χ1n) is 4.32. The predicted octanol–water partition coefficient (Wildman–Crippen LogP) is 3.13. The predicted molar refractivity (Wildman–Crippen MR) is 62.4 cm³/mol. The van der Waals surface area contributed by atoms with Gasteiger partial charge in [-0.1, -0.05) is 0 Å². The summed E-state index contributed by atoms with van der Waals surface area (Å²) >= 11 is 3.12. The topological polar surface area (TPSA) is 46.0 Å². The molecule has 1 aromatic carbocycles. The van der Waals surface area contributed by atoms with E-state index in [9.17, 15) is 5.11 Å². The average molecular weight is 234 g/mol. The van der Waals surface area contributed by atoms with Crippen molar-refractivity contribution in [1.29, 1.82) is 0 Å². The van der Waals surface area contributed by atoms with Gasteiger partial charge < -0.3 is 5.11 Å². The third-order valence-electron chi connectivity index (χ3n) is 1.99. The summed E-state index contributed by atoms with van der Waals surface area (Å²) in [5, 5.41) is 13.1. The molecule has 3 nitrogen and oxygen atoms in total. The third-order valence-corrected chi connectivity index (χ3v) is 3.92. The molecule has 0 saturated heterocycles. The highest BCUT2D eigenvalue weighted by Gasteiger charge is 2.08. The maximum absolute atomic E-state index is 9.34. The van der Waals surface area contributed by atoms with Crippen LogP contribution in [0.25, 0.3) is 20.2 Å². The number of hydrogen-bond donors (Lipinski definition) is 1. The summed E-state index contributed by atoms with van der Waals surface area (Å²) in [5.74, 6) is 0.275. The van der Waals surface area contributed by atoms with Gasteiger partial charge in [0, 0.05) is 11.6 Å². The number of hydrogen-bond acceptors (Lipinski definition) is 5. The van der Waals surface area contributed by atoms with Gasteiger partial charge in [0.2, 0.25) is 0 Å². The first kappa shape index (κ1) is 8.82. The molecule has 0 aliphatic carbocycles. The van der Waals surface area contributed by atoms with E-state index in [1.165, 1.54) is 0 Å². The van der Waals surface area contributed by atoms with E-state index in [1.54, 1.807) is 41.0 Å². The van der Waals surface area contributed by atoms with Gasteiger partial charge in [0.15, 0.2) is 10.0 Å². The van der Waals surface area contributed by atoms with Crippen LogP contribution in [0.15, 0.2) is 29.8 Å². The first-order chi connectivity index (χ1) is 7.33. The Labute approximate surface area is 93.7 Å². The number of nitrogens with zero attached hydrogens (tertiary/aromatic N) is 2. The molecular formula is C10H6N2OS2. The first-order valence-corrected chi connectivity index (χ1v) is 6.02. The second-order valence-electron chi connectivity index (χ2n) is 3.01. The van der Waals surface area contributed by atoms with Crippen molar-refractivity contribution in [1.82, 2.24) is 9.97 Å². The van der Waals surface area contributed by atoms with Crippen LogP contribution >= 0.6 is 22.7 Å². The lowest BCUT2D eigenvalue weighted by Crippen LogP contribution is -1.71. The minimum absolute atomic E-state index is 0.275. The van der Waals surface area contributed by atoms with Gasteiger partial charge in [0.1, 0.15) is 5.75 Å². The molecule has 0 saturated carbocycles. The smallest absolute Gasteiger partial charge is 0.153 e. The van der Waals surface area contributed by atoms with Crippen LogP contribution < -0.4 is 0 Å². The molecule has 0 fully saturated rings. The summed E-state index contributed by atoms with van der Waals surface area (Å²) in [6.45, 7) is 0. The molecule has 0 atom stereocenters. The zero-order valence-corrected chi connectivity index (χ0v) is 9.18. The Balaban J connectivity index is 2.22. The Bertz CT molecular complexity index is 601. The Morgan fingerprint density at radius 3 is 2.93 bits per heavy atom. The molecule has 15 heavy (non-hydrogen) atoms. The molecule has 3 aromatic rings. The van der Waals surface area contributed by atoms with Crippen LogP contribution in [0.2, 0.25) is 0 Å². The largest absolute Gasteiger partial charge is 0.508 e. The number of phenols is 1. The molecular weight excluding hydrogens is 228 g/mol. The fourth-order valence-electron chi connectivity index (χ4n) is 1.33. The Kier molecular flexibility index (Phi) is 1.93. The molecule has 2 aromatic heterocycles. The molecule has 3 rings (SSSR count). The lowest BCUT2D eigenvalue weighted by Gasteiger charge is -1.87. The van der Waals surface area contributed by atoms with E-state index < -0.39 is 0 Å². The average Bonchev–Trinajstić information content (AvgIpc) is 2.84. The van der Waals surface area contributed by atoms with Crippen LogP contribution in [0.1, 0.15) is 0 Å². The van der Waals surface area contributed by atoms with E-state index in [-0.39, 0.29) is 5.75 Å². The van der Waals surface area contributed by atoms with Crippen molar-refractivity contribution in [3.63, 3.8) is 0 Å². The van der Waals surface area contributed by atoms with Gasteiger partial charge in [0.05, 0.1) is 10.2 Å². The van der Waals surface area contributed by atoms with Crippen LogP contribution in [0.3, 0.4) is 0 Å². The Morgan fingerprint density at radius 1 is 1.20 bits per heavy atom. The molecule has 0 amide bonds. The number of benzene rings is 1. The zero-order valence-electron chi connectivity index (χ0n) is 7.54. The number of phenolic OH excluding ortho intramolecular Hbond substituents is 1. The lowest BCUT2D eigenvalue weighted by molar-refractivity contribution is 0.476. The van der Waals surface area contributed by atoms with E-state index in [1.807, 2.05) is 11.4 Å². The normalized spacial score (nSPS) is 10.9. The van der Waals surface area contributed by atoms with Crippen molar-refractivity contribution in [2.45, 2.75) is 0 Å². The van der Waals surface area contributed by atoms with Gasteiger partial charge in [-0.05, 0) is 18.2 Å². The van der Waals surface area contributed by atoms with Crippen LogP contribution in [0.5, 0.6) is 5.75 Å². The molecule has 0 spiro atoms. The number of rotatable bonds is 1. The Morgan fingerprint density at radius 2 is 2.13 bits per heavy atom. The zero-order chi connectivity index (χ0) is 10.3. The minimum atomic E-state index is 0.275. The molecule has 0 aliphatic heterocycles. The van der Waals surface area contributed by atoms with Gasteiger partial charge in [0.25, 0.3) is 0 Å². The van der Waals surface area contributed by atoms with Crippen LogP contribution in [0, 0.1) is 0 Å². The van der Waals surface area contributed by atoms with Gasteiger partial charge in [-0.3, -0.25) is 0 Å². The maximum atomic E-state index is 9.34. The summed E-state index contributed by atoms with van der Waals surface area (Å²) in [4.78, 5) is 8.66. The van der Waals surface area contributed by atoms with E-state index in [0.29, 0.717) is 0 Å². The van der Waals surface area contributed by atoms with Gasteiger partial charge in [-0.2, -0.15) is 0 Å². The van der Waals surface area contributed by atoms with Crippen molar-refractivity contribution >= 4 is 32.9 Å². The summed E-state index contributed by atoms with van der Waals surface area (Å²) in [5.41, 5.74) is 0.906. The van der Waals surface area contributed by atoms with Crippen molar-refractivity contribution in [2.75, 3.05) is 0 Å². The van der Waals surface area contributed by atoms with E-state index in [2.05, 4.69) is 9.97 Å². The summed E-state index contributed by atoms with van der Waals surface area (Å²) < 4.78 is 0.986. The molecule has 0 aliphatic rings. The van der Waals surface area contributed by atoms with Crippen molar-refractivity contribution in [3.8, 4) is 15.8 Å². The Hall–Kier alpha value is -1.46. The SMILES string of the molecule is Oc1ccc2nc(-c3nccs3)sc2c1. The molecule has 74 valence electrons. The monoisotopic (exact) mass is 234 g/mol. The highest BCUT2D eigenvalue weighted by molar-refractivity contribution is 7.24. The summed E-state index contributed by atoms with van der Waals surface area (Å²) in [7, 11) is 0. The quantitative estimate of drug-likeness (QED) is 0.703. The summed E-state index contributed by atoms with van der Waals surface area (Å²) in [6, 6.07) is 5.19. The minimum Gasteiger partial charge on any atom is -0.508 e. The number of aromatic hydroxyl groups is 1.